The summed E-state index contributed by atoms with van der Waals surface area (Å²) in [5.74, 6) is -0.0182. The average molecular weight is 462 g/mol. The van der Waals surface area contributed by atoms with Crippen LogP contribution in [0.25, 0.3) is 10.9 Å². The highest BCUT2D eigenvalue weighted by atomic mass is 35.5. The number of aromatic nitrogens is 1. The van der Waals surface area contributed by atoms with Gasteiger partial charge in [-0.25, -0.2) is 0 Å². The van der Waals surface area contributed by atoms with Crippen molar-refractivity contribution in [3.63, 3.8) is 0 Å². The number of H-pyrrole nitrogens is 1. The van der Waals surface area contributed by atoms with Crippen LogP contribution in [0.2, 0.25) is 5.02 Å². The van der Waals surface area contributed by atoms with E-state index in [2.05, 4.69) is 61.5 Å². The van der Waals surface area contributed by atoms with Gasteiger partial charge in [-0.15, -0.1) is 0 Å². The van der Waals surface area contributed by atoms with Gasteiger partial charge in [0, 0.05) is 51.8 Å². The molecule has 5 rings (SSSR count). The molecule has 170 valence electrons. The highest BCUT2D eigenvalue weighted by molar-refractivity contribution is 6.31. The van der Waals surface area contributed by atoms with Crippen molar-refractivity contribution in [3.8, 4) is 0 Å². The van der Waals surface area contributed by atoms with E-state index in [-0.39, 0.29) is 11.2 Å². The number of hydrogen-bond acceptors (Lipinski definition) is 2. The van der Waals surface area contributed by atoms with Crippen LogP contribution in [0.1, 0.15) is 51.2 Å². The number of nitrogens with zero attached hydrogens (tertiary/aromatic N) is 1. The highest BCUT2D eigenvalue weighted by Gasteiger charge is 2.50. The van der Waals surface area contributed by atoms with Crippen LogP contribution in [-0.4, -0.2) is 38.8 Å². The van der Waals surface area contributed by atoms with Crippen molar-refractivity contribution in [2.24, 2.45) is 5.92 Å². The summed E-state index contributed by atoms with van der Waals surface area (Å²) in [5, 5.41) is 12.6. The van der Waals surface area contributed by atoms with Crippen molar-refractivity contribution in [1.29, 1.82) is 0 Å². The van der Waals surface area contributed by atoms with Crippen LogP contribution in [0.5, 0.6) is 0 Å². The fourth-order valence-corrected chi connectivity index (χ4v) is 5.44. The van der Waals surface area contributed by atoms with E-state index in [0.717, 1.165) is 35.1 Å². The Morgan fingerprint density at radius 1 is 1.21 bits per heavy atom. The number of carbonyl (C=O) groups is 1. The lowest BCUT2D eigenvalue weighted by atomic mass is 9.69. The summed E-state index contributed by atoms with van der Waals surface area (Å²) in [7, 11) is 0. The van der Waals surface area contributed by atoms with E-state index in [1.807, 2.05) is 30.5 Å². The minimum absolute atomic E-state index is 0.0218. The minimum atomic E-state index is -0.838. The molecule has 2 atom stereocenters. The number of rotatable bonds is 5. The van der Waals surface area contributed by atoms with Gasteiger partial charge < -0.3 is 10.1 Å². The Balaban J connectivity index is 1.54. The maximum absolute atomic E-state index is 13.3. The topological polar surface area (TPSA) is 56.1 Å². The molecule has 2 N–H and O–H groups in total. The van der Waals surface area contributed by atoms with E-state index in [1.54, 1.807) is 0 Å². The van der Waals surface area contributed by atoms with Crippen molar-refractivity contribution >= 4 is 39.7 Å². The van der Waals surface area contributed by atoms with Crippen LogP contribution >= 0.6 is 11.6 Å². The van der Waals surface area contributed by atoms with E-state index >= 15 is 0 Å². The second kappa shape index (κ2) is 7.96. The molecule has 1 aliphatic carbocycles. The number of para-hydroxylation sites is 1. The van der Waals surface area contributed by atoms with Crippen LogP contribution in [0.4, 0.5) is 5.69 Å². The SMILES string of the molecule is CC(C)CC[N+]1=C(C=C2C(=O)C(c3c[nH]c4ccc(Cl)cc34)C2O)C(C)(C)c2ccccc21. The van der Waals surface area contributed by atoms with Gasteiger partial charge in [0.25, 0.3) is 0 Å². The molecule has 1 fully saturated rings. The Morgan fingerprint density at radius 3 is 2.70 bits per heavy atom. The standard InChI is InChI=1S/C28H29ClN2O2/c1-16(2)11-12-31-23-8-6-5-7-21(23)28(3,4)24(31)14-19-26(32)25(27(19)33)20-15-30-22-10-9-17(29)13-18(20)22/h5-10,13-16,25-26,32H,11-12H2,1-4H3/p+1. The Kier molecular flexibility index (Phi) is 5.34. The second-order valence-electron chi connectivity index (χ2n) is 10.2. The molecule has 2 unspecified atom stereocenters. The number of hydrogen-bond donors (Lipinski definition) is 2. The number of aliphatic hydroxyl groups is 1. The number of halogens is 1. The molecule has 0 amide bonds. The van der Waals surface area contributed by atoms with Gasteiger partial charge in [0.2, 0.25) is 5.69 Å². The van der Waals surface area contributed by atoms with E-state index < -0.39 is 12.0 Å². The number of aliphatic hydroxyl groups excluding tert-OH is 1. The molecule has 33 heavy (non-hydrogen) atoms. The average Bonchev–Trinajstić information content (AvgIpc) is 3.27. The molecule has 0 spiro atoms. The van der Waals surface area contributed by atoms with Gasteiger partial charge in [-0.2, -0.15) is 4.58 Å². The molecule has 1 saturated carbocycles. The van der Waals surface area contributed by atoms with Crippen molar-refractivity contribution in [3.05, 3.63) is 76.5 Å². The molecule has 3 aromatic rings. The maximum atomic E-state index is 13.3. The fraction of sp³-hybridized carbons (Fsp3) is 0.357. The zero-order valence-corrected chi connectivity index (χ0v) is 20.3. The number of fused-ring (bicyclic) bond motifs is 2. The van der Waals surface area contributed by atoms with Crippen LogP contribution in [0.15, 0.2) is 60.3 Å². The van der Waals surface area contributed by atoms with E-state index in [4.69, 9.17) is 11.6 Å². The molecule has 1 aromatic heterocycles. The van der Waals surface area contributed by atoms with Crippen LogP contribution in [-0.2, 0) is 10.2 Å². The summed E-state index contributed by atoms with van der Waals surface area (Å²) in [6, 6.07) is 14.0. The van der Waals surface area contributed by atoms with E-state index in [0.29, 0.717) is 16.5 Å². The van der Waals surface area contributed by atoms with Crippen molar-refractivity contribution in [1.82, 2.24) is 4.98 Å². The molecule has 4 nitrogen and oxygen atoms in total. The predicted octanol–water partition coefficient (Wildman–Crippen LogP) is 5.90. The number of ketones is 1. The largest absolute Gasteiger partial charge is 0.387 e. The first-order valence-electron chi connectivity index (χ1n) is 11.6. The normalized spacial score (nSPS) is 23.0. The predicted molar refractivity (Wildman–Crippen MR) is 134 cm³/mol. The van der Waals surface area contributed by atoms with Gasteiger partial charge in [-0.05, 0) is 43.5 Å². The summed E-state index contributed by atoms with van der Waals surface area (Å²) < 4.78 is 2.33. The quantitative estimate of drug-likeness (QED) is 0.367. The molecule has 0 bridgehead atoms. The molecular weight excluding hydrogens is 432 g/mol. The third-order valence-corrected chi connectivity index (χ3v) is 7.47. The van der Waals surface area contributed by atoms with Crippen molar-refractivity contribution < 1.29 is 14.5 Å². The number of benzene rings is 2. The zero-order chi connectivity index (χ0) is 23.5. The third-order valence-electron chi connectivity index (χ3n) is 7.23. The molecule has 0 radical (unpaired) electrons. The number of nitrogens with one attached hydrogen (secondary N) is 1. The lowest BCUT2D eigenvalue weighted by Crippen LogP contribution is -2.44. The summed E-state index contributed by atoms with van der Waals surface area (Å²) >= 11 is 6.19. The first-order chi connectivity index (χ1) is 15.7. The maximum Gasteiger partial charge on any atom is 0.209 e. The lowest BCUT2D eigenvalue weighted by Gasteiger charge is -2.34. The number of carbonyl (C=O) groups excluding carboxylic acids is 1. The Morgan fingerprint density at radius 2 is 1.97 bits per heavy atom. The summed E-state index contributed by atoms with van der Waals surface area (Å²) in [4.78, 5) is 16.5. The van der Waals surface area contributed by atoms with Crippen molar-refractivity contribution in [2.45, 2.75) is 51.6 Å². The van der Waals surface area contributed by atoms with Gasteiger partial charge >= 0.3 is 0 Å². The fourth-order valence-electron chi connectivity index (χ4n) is 5.27. The Bertz CT molecular complexity index is 1330. The lowest BCUT2D eigenvalue weighted by molar-refractivity contribution is -0.439. The van der Waals surface area contributed by atoms with Gasteiger partial charge in [-0.3, -0.25) is 4.79 Å². The zero-order valence-electron chi connectivity index (χ0n) is 19.5. The van der Waals surface area contributed by atoms with Crippen LogP contribution in [0, 0.1) is 5.92 Å². The summed E-state index contributed by atoms with van der Waals surface area (Å²) in [6.45, 7) is 9.72. The smallest absolute Gasteiger partial charge is 0.209 e. The number of allylic oxidation sites excluding steroid dienone is 1. The molecule has 2 aromatic carbocycles. The molecule has 2 aliphatic rings. The van der Waals surface area contributed by atoms with E-state index in [9.17, 15) is 9.90 Å². The third kappa shape index (κ3) is 3.48. The Hall–Kier alpha value is -2.69. The second-order valence-corrected chi connectivity index (χ2v) is 10.6. The van der Waals surface area contributed by atoms with Gasteiger partial charge in [0.1, 0.15) is 6.54 Å². The summed E-state index contributed by atoms with van der Waals surface area (Å²) in [5.41, 5.74) is 5.48. The monoisotopic (exact) mass is 461 g/mol. The van der Waals surface area contributed by atoms with Gasteiger partial charge in [0.15, 0.2) is 11.5 Å². The van der Waals surface area contributed by atoms with Crippen molar-refractivity contribution in [2.75, 3.05) is 6.54 Å². The minimum Gasteiger partial charge on any atom is -0.387 e. The van der Waals surface area contributed by atoms with Crippen LogP contribution < -0.4 is 0 Å². The van der Waals surface area contributed by atoms with Gasteiger partial charge in [0.05, 0.1) is 17.4 Å². The first-order valence-corrected chi connectivity index (χ1v) is 12.0. The molecule has 0 saturated heterocycles. The Labute approximate surface area is 199 Å². The molecule has 5 heteroatoms. The van der Waals surface area contributed by atoms with Gasteiger partial charge in [-0.1, -0.05) is 43.6 Å². The highest BCUT2D eigenvalue weighted by Crippen LogP contribution is 2.44. The molecule has 1 aliphatic heterocycles. The number of aromatic amines is 1. The summed E-state index contributed by atoms with van der Waals surface area (Å²) in [6.07, 6.45) is 3.98. The first kappa shape index (κ1) is 22.1. The number of Topliss-reactive ketones (excluding diaryl/α,β-unsaturated/α-hetero) is 1. The van der Waals surface area contributed by atoms with Crippen LogP contribution in [0.3, 0.4) is 0 Å². The molecule has 2 heterocycles. The molecular formula is C28H30ClN2O2+. The van der Waals surface area contributed by atoms with E-state index in [1.165, 1.54) is 11.3 Å².